The van der Waals surface area contributed by atoms with Crippen molar-refractivity contribution in [2.75, 3.05) is 7.05 Å². The average Bonchev–Trinajstić information content (AvgIpc) is 1.37. The quantitative estimate of drug-likeness (QED) is 0.313. The van der Waals surface area contributed by atoms with Crippen molar-refractivity contribution in [2.45, 2.75) is 0 Å². The Bertz CT molecular complexity index is 10.0. The van der Waals surface area contributed by atoms with Crippen LogP contribution in [0.5, 0.6) is 0 Å². The first-order valence-corrected chi connectivity index (χ1v) is 1.80. The molecule has 0 aromatic carbocycles. The molecule has 0 amide bonds. The summed E-state index contributed by atoms with van der Waals surface area (Å²) in [5.74, 6) is 0. The molecule has 4 heavy (non-hydrogen) atoms. The molecule has 24 valence electrons. The molecule has 0 heterocycles. The van der Waals surface area contributed by atoms with Crippen LogP contribution in [-0.2, 0) is 0 Å². The summed E-state index contributed by atoms with van der Waals surface area (Å²) in [4.78, 5) is 0. The van der Waals surface area contributed by atoms with Gasteiger partial charge in [-0.25, -0.2) is 12.5 Å². The Kier molecular flexibility index (Phi) is 3.69. The van der Waals surface area contributed by atoms with Crippen LogP contribution in [0.3, 0.4) is 0 Å². The van der Waals surface area contributed by atoms with Gasteiger partial charge in [-0.1, -0.05) is 0 Å². The van der Waals surface area contributed by atoms with E-state index in [9.17, 15) is 0 Å². The van der Waals surface area contributed by atoms with Gasteiger partial charge in [0.15, 0.2) is 0 Å². The van der Waals surface area contributed by atoms with Gasteiger partial charge in [0.05, 0.1) is 0 Å². The molecule has 0 radical (unpaired) electrons. The molecule has 0 rings (SSSR count). The van der Waals surface area contributed by atoms with Crippen LogP contribution in [0.1, 0.15) is 0 Å². The first kappa shape index (κ1) is 4.37. The summed E-state index contributed by atoms with van der Waals surface area (Å²) in [5, 5.41) is 2.79. The Morgan fingerprint density at radius 2 is 2.25 bits per heavy atom. The maximum Gasteiger partial charge on any atom is 0.266 e. The number of hydrogen-bond donors (Lipinski definition) is 2. The van der Waals surface area contributed by atoms with Crippen LogP contribution >= 0.6 is 12.5 Å². The second-order valence-electron chi connectivity index (χ2n) is 0.512. The van der Waals surface area contributed by atoms with E-state index in [4.69, 9.17) is 0 Å². The standard InChI is InChI=1S/CH6BNS/c1-3-2-4/h2-4H,1H3. The molecule has 1 N–H and O–H groups in total. The van der Waals surface area contributed by atoms with E-state index in [0.29, 0.717) is 0 Å². The fraction of sp³-hybridized carbons (Fsp3) is 1.00. The zero-order chi connectivity index (χ0) is 3.41. The zero-order valence-electron chi connectivity index (χ0n) is 2.65. The second-order valence-corrected chi connectivity index (χ2v) is 0.828. The Morgan fingerprint density at radius 1 is 2.00 bits per heavy atom. The Balaban J connectivity index is 1.97. The summed E-state index contributed by atoms with van der Waals surface area (Å²) in [7, 11) is 1.85. The third-order valence-electron chi connectivity index (χ3n) is 0.158. The highest BCUT2D eigenvalue weighted by Gasteiger charge is 1.58. The molecular formula is CH6BNS. The van der Waals surface area contributed by atoms with Crippen molar-refractivity contribution in [1.29, 1.82) is 0 Å². The molecule has 1 nitrogen and oxygen atoms in total. The lowest BCUT2D eigenvalue weighted by molar-refractivity contribution is 1.27. The smallest absolute Gasteiger partial charge is 0.266 e. The molecule has 0 spiro atoms. The molecule has 0 aliphatic carbocycles. The average molecular weight is 74.9 g/mol. The molecule has 0 unspecified atom stereocenters. The first-order valence-electron chi connectivity index (χ1n) is 1.17. The minimum Gasteiger partial charge on any atom is -0.352 e. The van der Waals surface area contributed by atoms with Crippen molar-refractivity contribution in [3.05, 3.63) is 0 Å². The Morgan fingerprint density at radius 3 is 2.25 bits per heavy atom. The van der Waals surface area contributed by atoms with Crippen molar-refractivity contribution in [1.82, 2.24) is 5.23 Å². The molecule has 0 atom stereocenters. The number of nitrogens with one attached hydrogen (secondary N) is 1. The van der Waals surface area contributed by atoms with E-state index in [1.807, 2.05) is 7.05 Å². The van der Waals surface area contributed by atoms with Crippen molar-refractivity contribution < 1.29 is 0 Å². The van der Waals surface area contributed by atoms with Gasteiger partial charge in [0, 0.05) is 0 Å². The minimum atomic E-state index is 0.764. The van der Waals surface area contributed by atoms with Gasteiger partial charge in [0.1, 0.15) is 0 Å². The molecular weight excluding hydrogens is 68.9 g/mol. The molecule has 0 aromatic heterocycles. The van der Waals surface area contributed by atoms with Crippen LogP contribution in [0, 0.1) is 0 Å². The minimum absolute atomic E-state index is 0.764. The lowest BCUT2D eigenvalue weighted by atomic mass is 10.4. The van der Waals surface area contributed by atoms with E-state index in [0.717, 1.165) is 6.69 Å². The van der Waals surface area contributed by atoms with Gasteiger partial charge < -0.3 is 5.23 Å². The van der Waals surface area contributed by atoms with Crippen molar-refractivity contribution in [3.8, 4) is 0 Å². The fourth-order valence-electron chi connectivity index (χ4n) is 0. The zero-order valence-corrected chi connectivity index (χ0v) is 3.55. The van der Waals surface area contributed by atoms with Crippen LogP contribution in [-0.4, -0.2) is 13.7 Å². The Hall–Kier alpha value is 0.375. The van der Waals surface area contributed by atoms with E-state index in [-0.39, 0.29) is 0 Å². The number of thiol groups is 1. The fourth-order valence-corrected chi connectivity index (χ4v) is 0. The second kappa shape index (κ2) is 3.37. The molecule has 0 aliphatic heterocycles. The van der Waals surface area contributed by atoms with Crippen LogP contribution in [0.15, 0.2) is 0 Å². The summed E-state index contributed by atoms with van der Waals surface area (Å²) in [6.07, 6.45) is 0. The maximum atomic E-state index is 3.81. The van der Waals surface area contributed by atoms with Crippen LogP contribution in [0.25, 0.3) is 0 Å². The van der Waals surface area contributed by atoms with E-state index in [2.05, 4.69) is 17.7 Å². The largest absolute Gasteiger partial charge is 0.352 e. The lowest BCUT2D eigenvalue weighted by Gasteiger charge is -1.71. The highest BCUT2D eigenvalue weighted by molar-refractivity contribution is 8.06. The predicted molar refractivity (Wildman–Crippen MR) is 25.2 cm³/mol. The molecule has 3 heteroatoms. The lowest BCUT2D eigenvalue weighted by Crippen LogP contribution is -2.03. The van der Waals surface area contributed by atoms with Gasteiger partial charge in [-0.2, -0.15) is 0 Å². The molecule has 0 aliphatic rings. The SMILES string of the molecule is CNBS. The van der Waals surface area contributed by atoms with Gasteiger partial charge in [0.2, 0.25) is 0 Å². The summed E-state index contributed by atoms with van der Waals surface area (Å²) >= 11 is 3.81. The molecule has 0 aromatic rings. The molecule has 0 bridgehead atoms. The van der Waals surface area contributed by atoms with Gasteiger partial charge >= 0.3 is 0 Å². The topological polar surface area (TPSA) is 12.0 Å². The van der Waals surface area contributed by atoms with Crippen molar-refractivity contribution in [3.63, 3.8) is 0 Å². The summed E-state index contributed by atoms with van der Waals surface area (Å²) in [6.45, 7) is 0.764. The van der Waals surface area contributed by atoms with Crippen molar-refractivity contribution >= 4 is 19.2 Å². The summed E-state index contributed by atoms with van der Waals surface area (Å²) < 4.78 is 0. The van der Waals surface area contributed by atoms with E-state index < -0.39 is 0 Å². The number of hydrogen-bond acceptors (Lipinski definition) is 2. The third-order valence-corrected chi connectivity index (χ3v) is 0.474. The highest BCUT2D eigenvalue weighted by atomic mass is 32.1. The highest BCUT2D eigenvalue weighted by Crippen LogP contribution is 1.47. The third kappa shape index (κ3) is 2.37. The first-order chi connectivity index (χ1) is 1.91. The van der Waals surface area contributed by atoms with Gasteiger partial charge in [-0.3, -0.25) is 0 Å². The van der Waals surface area contributed by atoms with Crippen LogP contribution in [0.2, 0.25) is 0 Å². The van der Waals surface area contributed by atoms with Crippen molar-refractivity contribution in [2.24, 2.45) is 0 Å². The maximum absolute atomic E-state index is 3.81. The van der Waals surface area contributed by atoms with E-state index in [1.165, 1.54) is 0 Å². The van der Waals surface area contributed by atoms with E-state index >= 15 is 0 Å². The molecule has 0 fully saturated rings. The van der Waals surface area contributed by atoms with Gasteiger partial charge in [-0.05, 0) is 7.05 Å². The summed E-state index contributed by atoms with van der Waals surface area (Å²) in [5.41, 5.74) is 0. The normalized spacial score (nSPS) is 6.50. The van der Waals surface area contributed by atoms with Crippen LogP contribution in [0.4, 0.5) is 0 Å². The van der Waals surface area contributed by atoms with E-state index in [1.54, 1.807) is 0 Å². The number of rotatable bonds is 1. The van der Waals surface area contributed by atoms with Crippen LogP contribution < -0.4 is 5.23 Å². The predicted octanol–water partition coefficient (Wildman–Crippen LogP) is -0.598. The molecule has 0 saturated carbocycles. The summed E-state index contributed by atoms with van der Waals surface area (Å²) in [6, 6.07) is 0. The van der Waals surface area contributed by atoms with Gasteiger partial charge in [-0.15, -0.1) is 0 Å². The molecule has 0 saturated heterocycles. The monoisotopic (exact) mass is 75.0 g/mol. The Labute approximate surface area is 32.4 Å². The van der Waals surface area contributed by atoms with Gasteiger partial charge in [0.25, 0.3) is 6.69 Å².